The average Bonchev–Trinajstić information content (AvgIpc) is 3.27. The van der Waals surface area contributed by atoms with Gasteiger partial charge >= 0.3 is 5.97 Å². The average molecular weight is 795 g/mol. The monoisotopic (exact) mass is 792 g/mol. The van der Waals surface area contributed by atoms with Crippen LogP contribution in [0, 0.1) is 0 Å². The zero-order valence-electron chi connectivity index (χ0n) is 24.7. The Morgan fingerprint density at radius 3 is 2.47 bits per heavy atom. The van der Waals surface area contributed by atoms with Crippen LogP contribution in [-0.4, -0.2) is 23.2 Å². The Morgan fingerprint density at radius 1 is 1.09 bits per heavy atom. The lowest BCUT2D eigenvalue weighted by Gasteiger charge is -2.26. The maximum absolute atomic E-state index is 14.1. The zero-order valence-corrected chi connectivity index (χ0v) is 30.2. The highest BCUT2D eigenvalue weighted by molar-refractivity contribution is 9.11. The van der Waals surface area contributed by atoms with Crippen molar-refractivity contribution in [3.63, 3.8) is 0 Å². The Bertz CT molecular complexity index is 1980. The second-order valence-corrected chi connectivity index (χ2v) is 13.9. The van der Waals surface area contributed by atoms with Gasteiger partial charge in [0, 0.05) is 5.56 Å². The van der Waals surface area contributed by atoms with Crippen LogP contribution in [-0.2, 0) is 16.1 Å². The standard InChI is InChI=1S/C33H28Br2Cl2N2O5S/c1-5-42-32(41)28-18(4)38-33-39(29(28)21-8-6-7-9-26(21)44-17(2)3)31(40)27(45-33)15-20-12-22(34)30(23(35)13-20)43-16-19-10-11-24(36)25(37)14-19/h6-15,17,29H,5,16H2,1-4H3/b27-15+/t29-/m1/s1. The summed E-state index contributed by atoms with van der Waals surface area (Å²) in [5.41, 5.74) is 2.78. The topological polar surface area (TPSA) is 79.1 Å². The molecule has 5 rings (SSSR count). The molecule has 0 saturated carbocycles. The lowest BCUT2D eigenvalue weighted by Crippen LogP contribution is -2.40. The van der Waals surface area contributed by atoms with Gasteiger partial charge in [0.2, 0.25) is 0 Å². The van der Waals surface area contributed by atoms with Gasteiger partial charge in [-0.15, -0.1) is 0 Å². The van der Waals surface area contributed by atoms with Crippen LogP contribution in [0.4, 0.5) is 0 Å². The van der Waals surface area contributed by atoms with Crippen molar-refractivity contribution in [1.82, 2.24) is 4.57 Å². The molecule has 0 N–H and O–H groups in total. The lowest BCUT2D eigenvalue weighted by atomic mass is 9.95. The molecule has 1 aliphatic rings. The predicted octanol–water partition coefficient (Wildman–Crippen LogP) is 8.00. The Balaban J connectivity index is 1.57. The molecule has 4 aromatic rings. The van der Waals surface area contributed by atoms with Crippen molar-refractivity contribution in [2.24, 2.45) is 4.99 Å². The molecule has 12 heteroatoms. The van der Waals surface area contributed by atoms with Gasteiger partial charge in [-0.3, -0.25) is 9.36 Å². The molecule has 0 amide bonds. The van der Waals surface area contributed by atoms with E-state index in [4.69, 9.17) is 37.4 Å². The Kier molecular flexibility index (Phi) is 10.6. The summed E-state index contributed by atoms with van der Waals surface area (Å²) in [5.74, 6) is 0.644. The predicted molar refractivity (Wildman–Crippen MR) is 185 cm³/mol. The van der Waals surface area contributed by atoms with Gasteiger partial charge in [-0.1, -0.05) is 58.8 Å². The SMILES string of the molecule is CCOC(=O)C1=C(C)N=c2s/c(=C/c3cc(Br)c(OCc4ccc(Cl)c(Cl)c4)c(Br)c3)c(=O)n2[C@@H]1c1ccccc1OC(C)C. The van der Waals surface area contributed by atoms with Gasteiger partial charge in [0.1, 0.15) is 24.1 Å². The van der Waals surface area contributed by atoms with Crippen molar-refractivity contribution in [3.8, 4) is 11.5 Å². The minimum atomic E-state index is -0.784. The molecular weight excluding hydrogens is 767 g/mol. The molecule has 7 nitrogen and oxygen atoms in total. The molecule has 0 bridgehead atoms. The fourth-order valence-corrected chi connectivity index (χ4v) is 7.71. The van der Waals surface area contributed by atoms with E-state index in [2.05, 4.69) is 36.9 Å². The van der Waals surface area contributed by atoms with Gasteiger partial charge in [0.25, 0.3) is 5.56 Å². The molecule has 234 valence electrons. The molecule has 0 radical (unpaired) electrons. The molecule has 0 saturated heterocycles. The van der Waals surface area contributed by atoms with Crippen LogP contribution < -0.4 is 24.4 Å². The lowest BCUT2D eigenvalue weighted by molar-refractivity contribution is -0.139. The molecule has 1 atom stereocenters. The van der Waals surface area contributed by atoms with Crippen molar-refractivity contribution in [1.29, 1.82) is 0 Å². The van der Waals surface area contributed by atoms with Gasteiger partial charge < -0.3 is 14.2 Å². The molecule has 45 heavy (non-hydrogen) atoms. The summed E-state index contributed by atoms with van der Waals surface area (Å²) in [6, 6.07) is 15.7. The third-order valence-corrected chi connectivity index (χ3v) is 9.68. The number of allylic oxidation sites excluding steroid dienone is 1. The van der Waals surface area contributed by atoms with Crippen molar-refractivity contribution in [2.75, 3.05) is 6.61 Å². The molecule has 0 aliphatic carbocycles. The van der Waals surface area contributed by atoms with Gasteiger partial charge in [-0.2, -0.15) is 0 Å². The minimum Gasteiger partial charge on any atom is -0.491 e. The molecule has 1 aromatic heterocycles. The number of rotatable bonds is 9. The second-order valence-electron chi connectivity index (χ2n) is 10.4. The highest BCUT2D eigenvalue weighted by atomic mass is 79.9. The second kappa shape index (κ2) is 14.3. The van der Waals surface area contributed by atoms with E-state index in [0.29, 0.717) is 56.7 Å². The van der Waals surface area contributed by atoms with Crippen LogP contribution in [0.1, 0.15) is 50.4 Å². The van der Waals surface area contributed by atoms with Gasteiger partial charge in [-0.05, 0) is 107 Å². The zero-order chi connectivity index (χ0) is 32.4. The van der Waals surface area contributed by atoms with Crippen LogP contribution in [0.5, 0.6) is 11.5 Å². The number of para-hydroxylation sites is 1. The normalized spacial score (nSPS) is 14.8. The number of nitrogens with zero attached hydrogens (tertiary/aromatic N) is 2. The van der Waals surface area contributed by atoms with Crippen LogP contribution in [0.25, 0.3) is 6.08 Å². The maximum Gasteiger partial charge on any atom is 0.338 e. The van der Waals surface area contributed by atoms with Gasteiger partial charge in [-0.25, -0.2) is 9.79 Å². The van der Waals surface area contributed by atoms with Crippen molar-refractivity contribution < 1.29 is 19.0 Å². The molecule has 0 fully saturated rings. The smallest absolute Gasteiger partial charge is 0.338 e. The van der Waals surface area contributed by atoms with Crippen LogP contribution in [0.2, 0.25) is 10.0 Å². The van der Waals surface area contributed by atoms with E-state index in [1.807, 2.05) is 56.3 Å². The van der Waals surface area contributed by atoms with E-state index in [0.717, 1.165) is 11.1 Å². The minimum absolute atomic E-state index is 0.119. The summed E-state index contributed by atoms with van der Waals surface area (Å²) >= 11 is 20.6. The number of benzene rings is 3. The third-order valence-electron chi connectivity index (χ3n) is 6.78. The van der Waals surface area contributed by atoms with E-state index in [1.54, 1.807) is 36.6 Å². The Labute approximate surface area is 291 Å². The first-order chi connectivity index (χ1) is 21.5. The fourth-order valence-electron chi connectivity index (χ4n) is 4.89. The van der Waals surface area contributed by atoms with Crippen molar-refractivity contribution in [3.05, 3.63) is 121 Å². The Morgan fingerprint density at radius 2 is 1.80 bits per heavy atom. The first-order valence-electron chi connectivity index (χ1n) is 14.0. The molecule has 3 aromatic carbocycles. The van der Waals surface area contributed by atoms with Crippen molar-refractivity contribution in [2.45, 2.75) is 46.4 Å². The highest BCUT2D eigenvalue weighted by Gasteiger charge is 2.35. The molecule has 0 spiro atoms. The van der Waals surface area contributed by atoms with Crippen LogP contribution in [0.15, 0.2) is 84.6 Å². The summed E-state index contributed by atoms with van der Waals surface area (Å²) < 4.78 is 21.0. The van der Waals surface area contributed by atoms with Crippen molar-refractivity contribution >= 4 is 78.4 Å². The van der Waals surface area contributed by atoms with E-state index in [1.165, 1.54) is 11.3 Å². The van der Waals surface area contributed by atoms with E-state index < -0.39 is 12.0 Å². The summed E-state index contributed by atoms with van der Waals surface area (Å²) in [6.45, 7) is 7.82. The highest BCUT2D eigenvalue weighted by Crippen LogP contribution is 2.37. The number of fused-ring (bicyclic) bond motifs is 1. The Hall–Kier alpha value is -2.89. The number of hydrogen-bond acceptors (Lipinski definition) is 7. The quantitative estimate of drug-likeness (QED) is 0.161. The van der Waals surface area contributed by atoms with Gasteiger partial charge in [0.15, 0.2) is 4.80 Å². The van der Waals surface area contributed by atoms with E-state index in [9.17, 15) is 9.59 Å². The molecule has 1 aliphatic heterocycles. The number of esters is 1. The number of carbonyl (C=O) groups is 1. The molecular formula is C33H28Br2Cl2N2O5S. The third kappa shape index (κ3) is 7.25. The van der Waals surface area contributed by atoms with Crippen LogP contribution in [0.3, 0.4) is 0 Å². The first kappa shape index (κ1) is 33.5. The van der Waals surface area contributed by atoms with E-state index in [-0.39, 0.29) is 24.9 Å². The number of carbonyl (C=O) groups excluding carboxylic acids is 1. The summed E-state index contributed by atoms with van der Waals surface area (Å²) in [5, 5.41) is 0.930. The van der Waals surface area contributed by atoms with Gasteiger partial charge in [0.05, 0.1) is 47.5 Å². The van der Waals surface area contributed by atoms with Crippen LogP contribution >= 0.6 is 66.4 Å². The number of hydrogen-bond donors (Lipinski definition) is 0. The number of halogens is 4. The summed E-state index contributed by atoms with van der Waals surface area (Å²) in [7, 11) is 0. The number of thiazole rings is 1. The number of aromatic nitrogens is 1. The first-order valence-corrected chi connectivity index (χ1v) is 17.1. The summed E-state index contributed by atoms with van der Waals surface area (Å²) in [4.78, 5) is 32.6. The molecule has 2 heterocycles. The number of ether oxygens (including phenoxy) is 3. The molecule has 0 unspecified atom stereocenters. The summed E-state index contributed by atoms with van der Waals surface area (Å²) in [6.07, 6.45) is 1.67. The maximum atomic E-state index is 14.1. The fraction of sp³-hybridized carbons (Fsp3) is 0.242. The van der Waals surface area contributed by atoms with E-state index >= 15 is 0 Å². The largest absolute Gasteiger partial charge is 0.491 e.